The minimum Gasteiger partial charge on any atom is -0.280 e. The second-order valence-corrected chi connectivity index (χ2v) is 4.20. The van der Waals surface area contributed by atoms with Crippen molar-refractivity contribution in [3.63, 3.8) is 0 Å². The highest BCUT2D eigenvalue weighted by molar-refractivity contribution is 7.81. The average Bonchev–Trinajstić information content (AvgIpc) is 2.27. The highest BCUT2D eigenvalue weighted by Crippen LogP contribution is 2.26. The van der Waals surface area contributed by atoms with E-state index in [0.717, 1.165) is 16.3 Å². The lowest BCUT2D eigenvalue weighted by Gasteiger charge is -2.06. The number of carbonyl (C=O) groups is 1. The molecule has 0 aliphatic rings. The summed E-state index contributed by atoms with van der Waals surface area (Å²) in [5.74, 6) is 0. The summed E-state index contributed by atoms with van der Waals surface area (Å²) in [4.78, 5) is 11.0. The van der Waals surface area contributed by atoms with E-state index in [1.807, 2.05) is 42.5 Å². The molecule has 76 valence electrons. The van der Waals surface area contributed by atoms with Crippen LogP contribution >= 0.6 is 24.2 Å². The SMILES string of the molecule is O=C(Cl)C(S)c1ccc2ccccc2c1. The van der Waals surface area contributed by atoms with E-state index in [1.54, 1.807) is 0 Å². The smallest absolute Gasteiger partial charge is 0.238 e. The molecule has 0 radical (unpaired) electrons. The lowest BCUT2D eigenvalue weighted by molar-refractivity contribution is -0.111. The Morgan fingerprint density at radius 1 is 1.13 bits per heavy atom. The Balaban J connectivity index is 2.51. The lowest BCUT2D eigenvalue weighted by Crippen LogP contribution is -1.98. The van der Waals surface area contributed by atoms with Crippen molar-refractivity contribution in [3.8, 4) is 0 Å². The van der Waals surface area contributed by atoms with Crippen molar-refractivity contribution in [2.24, 2.45) is 0 Å². The van der Waals surface area contributed by atoms with Crippen molar-refractivity contribution in [1.82, 2.24) is 0 Å². The molecular formula is C12H9ClOS. The van der Waals surface area contributed by atoms with Crippen LogP contribution in [-0.4, -0.2) is 5.24 Å². The maximum absolute atomic E-state index is 11.0. The van der Waals surface area contributed by atoms with Gasteiger partial charge < -0.3 is 0 Å². The zero-order valence-electron chi connectivity index (χ0n) is 7.85. The standard InChI is InChI=1S/C12H9ClOS/c13-12(14)11(15)10-6-5-8-3-1-2-4-9(8)7-10/h1-7,11,15H. The van der Waals surface area contributed by atoms with E-state index in [2.05, 4.69) is 12.6 Å². The van der Waals surface area contributed by atoms with Gasteiger partial charge in [-0.15, -0.1) is 0 Å². The molecular weight excluding hydrogens is 228 g/mol. The molecule has 1 unspecified atom stereocenters. The van der Waals surface area contributed by atoms with E-state index < -0.39 is 10.5 Å². The van der Waals surface area contributed by atoms with Crippen LogP contribution < -0.4 is 0 Å². The number of halogens is 1. The van der Waals surface area contributed by atoms with Crippen molar-refractivity contribution in [2.75, 3.05) is 0 Å². The van der Waals surface area contributed by atoms with Crippen LogP contribution in [0.4, 0.5) is 0 Å². The number of thiol groups is 1. The summed E-state index contributed by atoms with van der Waals surface area (Å²) in [5, 5.41) is 1.24. The predicted molar refractivity (Wildman–Crippen MR) is 66.5 cm³/mol. The van der Waals surface area contributed by atoms with Crippen molar-refractivity contribution in [1.29, 1.82) is 0 Å². The summed E-state index contributed by atoms with van der Waals surface area (Å²) in [6, 6.07) is 13.7. The predicted octanol–water partition coefficient (Wildman–Crippen LogP) is 3.58. The molecule has 2 rings (SSSR count). The monoisotopic (exact) mass is 236 g/mol. The Kier molecular flexibility index (Phi) is 2.98. The molecule has 0 amide bonds. The average molecular weight is 237 g/mol. The Labute approximate surface area is 98.5 Å². The summed E-state index contributed by atoms with van der Waals surface area (Å²) in [6.07, 6.45) is 0. The molecule has 0 saturated carbocycles. The summed E-state index contributed by atoms with van der Waals surface area (Å²) in [5.41, 5.74) is 0.831. The first-order valence-electron chi connectivity index (χ1n) is 4.54. The molecule has 0 heterocycles. The molecule has 0 saturated heterocycles. The Morgan fingerprint density at radius 3 is 2.47 bits per heavy atom. The third kappa shape index (κ3) is 2.16. The van der Waals surface area contributed by atoms with E-state index >= 15 is 0 Å². The third-order valence-electron chi connectivity index (χ3n) is 2.30. The van der Waals surface area contributed by atoms with Gasteiger partial charge in [0, 0.05) is 0 Å². The molecule has 0 aliphatic carbocycles. The van der Waals surface area contributed by atoms with Crippen LogP contribution in [0.25, 0.3) is 10.8 Å². The summed E-state index contributed by atoms with van der Waals surface area (Å²) < 4.78 is 0. The minimum atomic E-state index is -0.545. The highest BCUT2D eigenvalue weighted by Gasteiger charge is 2.13. The lowest BCUT2D eigenvalue weighted by atomic mass is 10.1. The molecule has 0 N–H and O–H groups in total. The number of hydrogen-bond acceptors (Lipinski definition) is 2. The maximum Gasteiger partial charge on any atom is 0.238 e. The van der Waals surface area contributed by atoms with Crippen molar-refractivity contribution >= 4 is 40.2 Å². The Bertz CT molecular complexity index is 510. The molecule has 0 spiro atoms. The molecule has 0 aliphatic heterocycles. The molecule has 2 aromatic carbocycles. The van der Waals surface area contributed by atoms with Crippen LogP contribution in [-0.2, 0) is 4.79 Å². The van der Waals surface area contributed by atoms with Gasteiger partial charge in [0.15, 0.2) is 0 Å². The number of carbonyl (C=O) groups excluding carboxylic acids is 1. The zero-order chi connectivity index (χ0) is 10.8. The molecule has 3 heteroatoms. The number of hydrogen-bond donors (Lipinski definition) is 1. The van der Waals surface area contributed by atoms with Gasteiger partial charge in [-0.3, -0.25) is 4.79 Å². The highest BCUT2D eigenvalue weighted by atomic mass is 35.5. The number of benzene rings is 2. The molecule has 1 nitrogen and oxygen atoms in total. The van der Waals surface area contributed by atoms with Gasteiger partial charge in [-0.25, -0.2) is 0 Å². The first-order valence-corrected chi connectivity index (χ1v) is 5.44. The molecule has 1 atom stereocenters. The molecule has 0 bridgehead atoms. The van der Waals surface area contributed by atoms with Gasteiger partial charge in [-0.2, -0.15) is 12.6 Å². The van der Waals surface area contributed by atoms with Gasteiger partial charge in [0.05, 0.1) is 0 Å². The van der Waals surface area contributed by atoms with Crippen LogP contribution in [0.15, 0.2) is 42.5 Å². The van der Waals surface area contributed by atoms with E-state index in [-0.39, 0.29) is 0 Å². The van der Waals surface area contributed by atoms with Crippen molar-refractivity contribution < 1.29 is 4.79 Å². The Morgan fingerprint density at radius 2 is 1.80 bits per heavy atom. The second kappa shape index (κ2) is 4.25. The summed E-state index contributed by atoms with van der Waals surface area (Å²) in [7, 11) is 0. The van der Waals surface area contributed by atoms with E-state index in [9.17, 15) is 4.79 Å². The van der Waals surface area contributed by atoms with Gasteiger partial charge in [-0.05, 0) is 34.0 Å². The minimum absolute atomic E-state index is 0.450. The fraction of sp³-hybridized carbons (Fsp3) is 0.0833. The van der Waals surface area contributed by atoms with Crippen LogP contribution in [0, 0.1) is 0 Å². The van der Waals surface area contributed by atoms with E-state index in [1.165, 1.54) is 0 Å². The van der Waals surface area contributed by atoms with Crippen LogP contribution in [0.3, 0.4) is 0 Å². The topological polar surface area (TPSA) is 17.1 Å². The largest absolute Gasteiger partial charge is 0.280 e. The van der Waals surface area contributed by atoms with Crippen LogP contribution in [0.5, 0.6) is 0 Å². The molecule has 0 fully saturated rings. The molecule has 15 heavy (non-hydrogen) atoms. The second-order valence-electron chi connectivity index (χ2n) is 3.31. The molecule has 2 aromatic rings. The quantitative estimate of drug-likeness (QED) is 0.623. The van der Waals surface area contributed by atoms with Crippen molar-refractivity contribution in [2.45, 2.75) is 5.25 Å². The summed E-state index contributed by atoms with van der Waals surface area (Å²) in [6.45, 7) is 0. The number of fused-ring (bicyclic) bond motifs is 1. The van der Waals surface area contributed by atoms with Crippen LogP contribution in [0.2, 0.25) is 0 Å². The van der Waals surface area contributed by atoms with Gasteiger partial charge >= 0.3 is 0 Å². The Hall–Kier alpha value is -0.990. The molecule has 0 aromatic heterocycles. The van der Waals surface area contributed by atoms with Gasteiger partial charge in [0.25, 0.3) is 0 Å². The number of rotatable bonds is 2. The maximum atomic E-state index is 11.0. The first-order chi connectivity index (χ1) is 7.18. The van der Waals surface area contributed by atoms with E-state index in [4.69, 9.17) is 11.6 Å². The third-order valence-corrected chi connectivity index (χ3v) is 3.21. The van der Waals surface area contributed by atoms with E-state index in [0.29, 0.717) is 0 Å². The fourth-order valence-corrected chi connectivity index (χ4v) is 1.80. The first kappa shape index (κ1) is 10.5. The van der Waals surface area contributed by atoms with Gasteiger partial charge in [0.1, 0.15) is 5.25 Å². The summed E-state index contributed by atoms with van der Waals surface area (Å²) >= 11 is 9.56. The fourth-order valence-electron chi connectivity index (χ4n) is 1.51. The zero-order valence-corrected chi connectivity index (χ0v) is 9.50. The normalized spacial score (nSPS) is 12.7. The van der Waals surface area contributed by atoms with Crippen LogP contribution in [0.1, 0.15) is 10.8 Å². The van der Waals surface area contributed by atoms with Gasteiger partial charge in [0.2, 0.25) is 5.24 Å². The van der Waals surface area contributed by atoms with Crippen molar-refractivity contribution in [3.05, 3.63) is 48.0 Å². The van der Waals surface area contributed by atoms with Gasteiger partial charge in [-0.1, -0.05) is 36.4 Å².